The number of carbonyl (C=O) groups is 1. The average Bonchev–Trinajstić information content (AvgIpc) is 3.21. The second kappa shape index (κ2) is 6.65. The first-order chi connectivity index (χ1) is 12.1. The molecule has 2 aromatic heterocycles. The molecule has 0 radical (unpaired) electrons. The number of piperidine rings is 1. The Morgan fingerprint density at radius 3 is 3.12 bits per heavy atom. The van der Waals surface area contributed by atoms with Crippen LogP contribution in [0.4, 0.5) is 5.13 Å². The number of hydrogen-bond donors (Lipinski definition) is 1. The fourth-order valence-electron chi connectivity index (χ4n) is 3.08. The molecular formula is C17H18ClN5OS. The molecule has 0 aliphatic carbocycles. The van der Waals surface area contributed by atoms with Crippen molar-refractivity contribution in [1.29, 1.82) is 0 Å². The van der Waals surface area contributed by atoms with E-state index < -0.39 is 0 Å². The van der Waals surface area contributed by atoms with Crippen molar-refractivity contribution >= 4 is 44.2 Å². The van der Waals surface area contributed by atoms with Gasteiger partial charge < -0.3 is 14.8 Å². The summed E-state index contributed by atoms with van der Waals surface area (Å²) in [7, 11) is 1.85. The first kappa shape index (κ1) is 16.4. The molecule has 1 fully saturated rings. The van der Waals surface area contributed by atoms with Crippen LogP contribution in [0.3, 0.4) is 0 Å². The van der Waals surface area contributed by atoms with Crippen LogP contribution in [0, 0.1) is 0 Å². The third-order valence-corrected chi connectivity index (χ3v) is 5.62. The number of nitrogens with zero attached hydrogens (tertiary/aromatic N) is 4. The molecule has 130 valence electrons. The number of amides is 1. The molecule has 0 spiro atoms. The molecule has 1 amide bonds. The fraction of sp³-hybridized carbons (Fsp3) is 0.353. The minimum atomic E-state index is -0.122. The number of imidazole rings is 1. The monoisotopic (exact) mass is 375 g/mol. The zero-order valence-electron chi connectivity index (χ0n) is 13.8. The maximum Gasteiger partial charge on any atom is 0.271 e. The first-order valence-electron chi connectivity index (χ1n) is 8.18. The third kappa shape index (κ3) is 3.48. The van der Waals surface area contributed by atoms with Gasteiger partial charge in [-0.2, -0.15) is 0 Å². The predicted molar refractivity (Wildman–Crippen MR) is 101 cm³/mol. The van der Waals surface area contributed by atoms with Crippen LogP contribution >= 0.6 is 22.9 Å². The standard InChI is InChI=1S/C17H18ClN5OS/c1-22-9-14(19-10-22)16(24)20-12-3-2-6-23(8-12)17-21-13-5-4-11(18)7-15(13)25-17/h4-5,7,9-10,12H,2-3,6,8H2,1H3,(H,20,24). The number of halogens is 1. The van der Waals surface area contributed by atoms with E-state index in [-0.39, 0.29) is 11.9 Å². The Morgan fingerprint density at radius 2 is 2.32 bits per heavy atom. The number of carbonyl (C=O) groups excluding carboxylic acids is 1. The van der Waals surface area contributed by atoms with Gasteiger partial charge in [0.2, 0.25) is 0 Å². The highest BCUT2D eigenvalue weighted by atomic mass is 35.5. The van der Waals surface area contributed by atoms with E-state index in [0.29, 0.717) is 5.69 Å². The molecule has 25 heavy (non-hydrogen) atoms. The van der Waals surface area contributed by atoms with Crippen LogP contribution in [0.1, 0.15) is 23.3 Å². The SMILES string of the molecule is Cn1cnc(C(=O)NC2CCCN(c3nc4ccc(Cl)cc4s3)C2)c1. The molecule has 1 unspecified atom stereocenters. The number of anilines is 1. The van der Waals surface area contributed by atoms with Crippen LogP contribution in [0.5, 0.6) is 0 Å². The molecule has 1 aliphatic rings. The minimum absolute atomic E-state index is 0.0962. The minimum Gasteiger partial charge on any atom is -0.346 e. The Hall–Kier alpha value is -2.12. The molecule has 0 bridgehead atoms. The van der Waals surface area contributed by atoms with Gasteiger partial charge in [0.1, 0.15) is 5.69 Å². The molecule has 1 aliphatic heterocycles. The third-order valence-electron chi connectivity index (χ3n) is 4.30. The highest BCUT2D eigenvalue weighted by Gasteiger charge is 2.24. The largest absolute Gasteiger partial charge is 0.346 e. The highest BCUT2D eigenvalue weighted by Crippen LogP contribution is 2.32. The average molecular weight is 376 g/mol. The van der Waals surface area contributed by atoms with E-state index in [2.05, 4.69) is 15.2 Å². The Labute approximate surface area is 154 Å². The molecule has 3 aromatic rings. The number of fused-ring (bicyclic) bond motifs is 1. The van der Waals surface area contributed by atoms with E-state index in [4.69, 9.17) is 16.6 Å². The van der Waals surface area contributed by atoms with Gasteiger partial charge >= 0.3 is 0 Å². The summed E-state index contributed by atoms with van der Waals surface area (Å²) in [5, 5.41) is 4.79. The van der Waals surface area contributed by atoms with Crippen LogP contribution in [0.2, 0.25) is 5.02 Å². The lowest BCUT2D eigenvalue weighted by Crippen LogP contribution is -2.47. The van der Waals surface area contributed by atoms with Crippen LogP contribution in [0.25, 0.3) is 10.2 Å². The molecular weight excluding hydrogens is 358 g/mol. The number of rotatable bonds is 3. The van der Waals surface area contributed by atoms with Gasteiger partial charge in [-0.05, 0) is 31.0 Å². The summed E-state index contributed by atoms with van der Waals surface area (Å²) in [6, 6.07) is 5.85. The van der Waals surface area contributed by atoms with Crippen molar-refractivity contribution in [3.63, 3.8) is 0 Å². The highest BCUT2D eigenvalue weighted by molar-refractivity contribution is 7.22. The van der Waals surface area contributed by atoms with Crippen molar-refractivity contribution in [2.24, 2.45) is 7.05 Å². The Kier molecular flexibility index (Phi) is 4.35. The second-order valence-electron chi connectivity index (χ2n) is 6.29. The number of thiazole rings is 1. The smallest absolute Gasteiger partial charge is 0.271 e. The quantitative estimate of drug-likeness (QED) is 0.764. The molecule has 4 rings (SSSR count). The molecule has 1 aromatic carbocycles. The summed E-state index contributed by atoms with van der Waals surface area (Å²) in [6.07, 6.45) is 5.34. The lowest BCUT2D eigenvalue weighted by atomic mass is 10.1. The topological polar surface area (TPSA) is 63.1 Å². The molecule has 1 saturated heterocycles. The summed E-state index contributed by atoms with van der Waals surface area (Å²) in [5.41, 5.74) is 1.42. The van der Waals surface area contributed by atoms with Crippen molar-refractivity contribution < 1.29 is 4.79 Å². The molecule has 1 N–H and O–H groups in total. The van der Waals surface area contributed by atoms with Crippen molar-refractivity contribution in [3.05, 3.63) is 41.4 Å². The molecule has 1 atom stereocenters. The van der Waals surface area contributed by atoms with E-state index in [0.717, 1.165) is 46.3 Å². The lowest BCUT2D eigenvalue weighted by molar-refractivity contribution is 0.0928. The van der Waals surface area contributed by atoms with E-state index in [1.54, 1.807) is 28.4 Å². The number of benzene rings is 1. The molecule has 6 nitrogen and oxygen atoms in total. The van der Waals surface area contributed by atoms with Crippen LogP contribution in [-0.2, 0) is 7.05 Å². The summed E-state index contributed by atoms with van der Waals surface area (Å²) in [6.45, 7) is 1.70. The van der Waals surface area contributed by atoms with Crippen molar-refractivity contribution in [3.8, 4) is 0 Å². The number of nitrogens with one attached hydrogen (secondary N) is 1. The van der Waals surface area contributed by atoms with Gasteiger partial charge in [0.15, 0.2) is 5.13 Å². The fourth-order valence-corrected chi connectivity index (χ4v) is 4.36. The van der Waals surface area contributed by atoms with Gasteiger partial charge in [0.05, 0.1) is 16.5 Å². The molecule has 8 heteroatoms. The number of aryl methyl sites for hydroxylation is 1. The number of hydrogen-bond acceptors (Lipinski definition) is 5. The Balaban J connectivity index is 1.47. The number of aromatic nitrogens is 3. The lowest BCUT2D eigenvalue weighted by Gasteiger charge is -2.32. The van der Waals surface area contributed by atoms with Gasteiger partial charge in [-0.25, -0.2) is 9.97 Å². The van der Waals surface area contributed by atoms with Crippen molar-refractivity contribution in [2.75, 3.05) is 18.0 Å². The van der Waals surface area contributed by atoms with E-state index in [9.17, 15) is 4.79 Å². The van der Waals surface area contributed by atoms with Crippen LogP contribution in [-0.4, -0.2) is 39.6 Å². The van der Waals surface area contributed by atoms with Crippen LogP contribution < -0.4 is 10.2 Å². The summed E-state index contributed by atoms with van der Waals surface area (Å²) >= 11 is 7.70. The zero-order valence-corrected chi connectivity index (χ0v) is 15.3. The Morgan fingerprint density at radius 1 is 1.44 bits per heavy atom. The van der Waals surface area contributed by atoms with Gasteiger partial charge in [-0.15, -0.1) is 0 Å². The van der Waals surface area contributed by atoms with Gasteiger partial charge in [-0.3, -0.25) is 4.79 Å². The summed E-state index contributed by atoms with van der Waals surface area (Å²) in [4.78, 5) is 23.4. The maximum atomic E-state index is 12.3. The van der Waals surface area contributed by atoms with E-state index >= 15 is 0 Å². The van der Waals surface area contributed by atoms with E-state index in [1.807, 2.05) is 25.2 Å². The first-order valence-corrected chi connectivity index (χ1v) is 9.38. The predicted octanol–water partition coefficient (Wildman–Crippen LogP) is 3.08. The zero-order chi connectivity index (χ0) is 17.4. The van der Waals surface area contributed by atoms with Crippen molar-refractivity contribution in [2.45, 2.75) is 18.9 Å². The summed E-state index contributed by atoms with van der Waals surface area (Å²) < 4.78 is 2.86. The Bertz CT molecular complexity index is 921. The maximum absolute atomic E-state index is 12.3. The van der Waals surface area contributed by atoms with E-state index in [1.165, 1.54) is 0 Å². The van der Waals surface area contributed by atoms with Gasteiger partial charge in [0.25, 0.3) is 5.91 Å². The normalized spacial score (nSPS) is 17.8. The van der Waals surface area contributed by atoms with Gasteiger partial charge in [-0.1, -0.05) is 22.9 Å². The van der Waals surface area contributed by atoms with Gasteiger partial charge in [0, 0.05) is 37.4 Å². The molecule has 3 heterocycles. The van der Waals surface area contributed by atoms with Crippen LogP contribution in [0.15, 0.2) is 30.7 Å². The summed E-state index contributed by atoms with van der Waals surface area (Å²) in [5.74, 6) is -0.122. The molecule has 0 saturated carbocycles. The van der Waals surface area contributed by atoms with Crippen molar-refractivity contribution in [1.82, 2.24) is 19.9 Å². The second-order valence-corrected chi connectivity index (χ2v) is 7.74.